The molecule has 0 aliphatic carbocycles. The zero-order valence-corrected chi connectivity index (χ0v) is 15.8. The molecule has 5 heteroatoms. The Kier molecular flexibility index (Phi) is 6.12. The van der Waals surface area contributed by atoms with Gasteiger partial charge in [0, 0.05) is 12.2 Å². The number of aromatic nitrogens is 2. The molecule has 0 radical (unpaired) electrons. The number of carbonyl (C=O) groups excluding carboxylic acids is 1. The Morgan fingerprint density at radius 1 is 1.12 bits per heavy atom. The largest absolute Gasteiger partial charge is 0.351 e. The molecule has 0 saturated heterocycles. The van der Waals surface area contributed by atoms with E-state index in [9.17, 15) is 4.79 Å². The average Bonchev–Trinajstić information content (AvgIpc) is 2.54. The van der Waals surface area contributed by atoms with Crippen LogP contribution in [0.25, 0.3) is 0 Å². The fourth-order valence-electron chi connectivity index (χ4n) is 2.46. The topological polar surface area (TPSA) is 66.9 Å². The maximum Gasteiger partial charge on any atom is 0.271 e. The molecule has 1 aromatic heterocycles. The molecule has 0 aliphatic rings. The molecule has 1 amide bonds. The van der Waals surface area contributed by atoms with Crippen LogP contribution in [-0.2, 0) is 5.41 Å². The minimum absolute atomic E-state index is 0.0211. The first-order valence-corrected chi connectivity index (χ1v) is 8.74. The third-order valence-electron chi connectivity index (χ3n) is 3.89. The van der Waals surface area contributed by atoms with Gasteiger partial charge in [-0.05, 0) is 29.4 Å². The van der Waals surface area contributed by atoms with E-state index in [2.05, 4.69) is 61.3 Å². The van der Waals surface area contributed by atoms with Gasteiger partial charge in [-0.25, -0.2) is 9.97 Å². The summed E-state index contributed by atoms with van der Waals surface area (Å²) in [6, 6.07) is 8.14. The number of amides is 1. The molecule has 0 saturated carbocycles. The van der Waals surface area contributed by atoms with Crippen molar-refractivity contribution in [2.75, 3.05) is 11.9 Å². The van der Waals surface area contributed by atoms with E-state index in [4.69, 9.17) is 0 Å². The van der Waals surface area contributed by atoms with E-state index in [1.165, 1.54) is 11.8 Å². The molecular weight excluding hydrogens is 312 g/mol. The summed E-state index contributed by atoms with van der Waals surface area (Å²) in [5, 5.41) is 6.16. The van der Waals surface area contributed by atoms with E-state index in [-0.39, 0.29) is 11.3 Å². The van der Waals surface area contributed by atoms with Gasteiger partial charge < -0.3 is 10.6 Å². The number of carbonyl (C=O) groups is 1. The highest BCUT2D eigenvalue weighted by atomic mass is 16.1. The first-order chi connectivity index (χ1) is 11.8. The van der Waals surface area contributed by atoms with Crippen LogP contribution >= 0.6 is 0 Å². The Morgan fingerprint density at radius 3 is 2.44 bits per heavy atom. The van der Waals surface area contributed by atoms with Crippen molar-refractivity contribution in [1.82, 2.24) is 15.3 Å². The maximum absolute atomic E-state index is 12.0. The summed E-state index contributed by atoms with van der Waals surface area (Å²) in [7, 11) is 0. The van der Waals surface area contributed by atoms with E-state index < -0.39 is 0 Å². The number of benzene rings is 1. The highest BCUT2D eigenvalue weighted by Gasteiger charge is 2.17. The lowest BCUT2D eigenvalue weighted by molar-refractivity contribution is 0.0946. The second kappa shape index (κ2) is 8.10. The highest BCUT2D eigenvalue weighted by molar-refractivity contribution is 5.92. The van der Waals surface area contributed by atoms with Gasteiger partial charge in [0.15, 0.2) is 0 Å². The van der Waals surface area contributed by atoms with Gasteiger partial charge in [-0.3, -0.25) is 4.79 Å². The van der Waals surface area contributed by atoms with Crippen LogP contribution in [0.15, 0.2) is 36.7 Å². The van der Waals surface area contributed by atoms with Crippen molar-refractivity contribution in [3.05, 3.63) is 47.9 Å². The normalized spacial score (nSPS) is 11.4. The zero-order chi connectivity index (χ0) is 18.4. The Bertz CT molecular complexity index is 702. The molecule has 1 aromatic carbocycles. The van der Waals surface area contributed by atoms with Crippen molar-refractivity contribution in [2.45, 2.75) is 46.5 Å². The van der Waals surface area contributed by atoms with Gasteiger partial charge >= 0.3 is 0 Å². The lowest BCUT2D eigenvalue weighted by Crippen LogP contribution is -2.26. The lowest BCUT2D eigenvalue weighted by Gasteiger charge is -2.23. The van der Waals surface area contributed by atoms with Crippen molar-refractivity contribution < 1.29 is 4.79 Å². The minimum Gasteiger partial charge on any atom is -0.351 e. The van der Waals surface area contributed by atoms with E-state index in [0.717, 1.165) is 12.1 Å². The number of anilines is 2. The number of para-hydroxylation sites is 1. The van der Waals surface area contributed by atoms with E-state index in [0.29, 0.717) is 24.0 Å². The number of rotatable bonds is 6. The van der Waals surface area contributed by atoms with Crippen LogP contribution in [0.4, 0.5) is 11.5 Å². The molecule has 2 rings (SSSR count). The van der Waals surface area contributed by atoms with Gasteiger partial charge in [0.25, 0.3) is 5.91 Å². The van der Waals surface area contributed by atoms with Crippen molar-refractivity contribution in [3.63, 3.8) is 0 Å². The molecule has 2 aromatic rings. The predicted molar refractivity (Wildman–Crippen MR) is 102 cm³/mol. The lowest BCUT2D eigenvalue weighted by atomic mass is 9.86. The molecule has 5 nitrogen and oxygen atoms in total. The molecular formula is C20H28N4O. The van der Waals surface area contributed by atoms with Crippen LogP contribution in [0.2, 0.25) is 0 Å². The molecule has 0 atom stereocenters. The minimum atomic E-state index is -0.185. The van der Waals surface area contributed by atoms with Crippen molar-refractivity contribution in [3.8, 4) is 0 Å². The van der Waals surface area contributed by atoms with Crippen molar-refractivity contribution in [1.29, 1.82) is 0 Å². The monoisotopic (exact) mass is 340 g/mol. The fourth-order valence-corrected chi connectivity index (χ4v) is 2.46. The van der Waals surface area contributed by atoms with Gasteiger partial charge in [-0.2, -0.15) is 0 Å². The Labute approximate surface area is 150 Å². The number of nitrogens with zero attached hydrogens (tertiary/aromatic N) is 2. The van der Waals surface area contributed by atoms with Gasteiger partial charge in [0.1, 0.15) is 11.5 Å². The second-order valence-corrected chi connectivity index (χ2v) is 7.65. The van der Waals surface area contributed by atoms with Crippen LogP contribution in [0, 0.1) is 5.92 Å². The standard InChI is InChI=1S/C20H28N4O/c1-14(2)10-11-21-19(25)17-12-23-18(13-22-17)24-16-9-7-6-8-15(16)20(3,4)5/h6-9,12-14H,10-11H2,1-5H3,(H,21,25)(H,23,24). The highest BCUT2D eigenvalue weighted by Crippen LogP contribution is 2.30. The van der Waals surface area contributed by atoms with Crippen LogP contribution in [0.1, 0.15) is 57.1 Å². The van der Waals surface area contributed by atoms with Crippen LogP contribution in [0.5, 0.6) is 0 Å². The van der Waals surface area contributed by atoms with Crippen LogP contribution in [-0.4, -0.2) is 22.4 Å². The molecule has 0 bridgehead atoms. The fraction of sp³-hybridized carbons (Fsp3) is 0.450. The smallest absolute Gasteiger partial charge is 0.271 e. The predicted octanol–water partition coefficient (Wildman–Crippen LogP) is 4.29. The molecule has 0 aliphatic heterocycles. The summed E-state index contributed by atoms with van der Waals surface area (Å²) in [5.74, 6) is 0.992. The molecule has 0 spiro atoms. The first-order valence-electron chi connectivity index (χ1n) is 8.74. The first kappa shape index (κ1) is 18.9. The second-order valence-electron chi connectivity index (χ2n) is 7.65. The van der Waals surface area contributed by atoms with E-state index in [1.807, 2.05) is 18.2 Å². The van der Waals surface area contributed by atoms with Gasteiger partial charge in [-0.1, -0.05) is 52.8 Å². The third kappa shape index (κ3) is 5.55. The molecule has 1 heterocycles. The molecule has 25 heavy (non-hydrogen) atoms. The van der Waals surface area contributed by atoms with Crippen LogP contribution in [0.3, 0.4) is 0 Å². The van der Waals surface area contributed by atoms with Crippen LogP contribution < -0.4 is 10.6 Å². The number of hydrogen-bond donors (Lipinski definition) is 2. The third-order valence-corrected chi connectivity index (χ3v) is 3.89. The Morgan fingerprint density at radius 2 is 1.84 bits per heavy atom. The number of hydrogen-bond acceptors (Lipinski definition) is 4. The number of nitrogens with one attached hydrogen (secondary N) is 2. The molecule has 2 N–H and O–H groups in total. The quantitative estimate of drug-likeness (QED) is 0.823. The summed E-state index contributed by atoms with van der Waals surface area (Å²) in [6.07, 6.45) is 4.05. The van der Waals surface area contributed by atoms with Gasteiger partial charge in [0.2, 0.25) is 0 Å². The van der Waals surface area contributed by atoms with Crippen molar-refractivity contribution >= 4 is 17.4 Å². The molecule has 134 valence electrons. The average molecular weight is 340 g/mol. The Balaban J connectivity index is 2.05. The van der Waals surface area contributed by atoms with Gasteiger partial charge in [0.05, 0.1) is 12.4 Å². The summed E-state index contributed by atoms with van der Waals surface area (Å²) in [5.41, 5.74) is 2.55. The van der Waals surface area contributed by atoms with E-state index in [1.54, 1.807) is 6.20 Å². The van der Waals surface area contributed by atoms with Gasteiger partial charge in [-0.15, -0.1) is 0 Å². The Hall–Kier alpha value is -2.43. The van der Waals surface area contributed by atoms with E-state index >= 15 is 0 Å². The summed E-state index contributed by atoms with van der Waals surface area (Å²) < 4.78 is 0. The zero-order valence-electron chi connectivity index (χ0n) is 15.8. The molecule has 0 fully saturated rings. The van der Waals surface area contributed by atoms with Crippen molar-refractivity contribution in [2.24, 2.45) is 5.92 Å². The molecule has 0 unspecified atom stereocenters. The summed E-state index contributed by atoms with van der Waals surface area (Å²) in [6.45, 7) is 11.4. The SMILES string of the molecule is CC(C)CCNC(=O)c1cnc(Nc2ccccc2C(C)(C)C)cn1. The summed E-state index contributed by atoms with van der Waals surface area (Å²) in [4.78, 5) is 20.6. The maximum atomic E-state index is 12.0. The summed E-state index contributed by atoms with van der Waals surface area (Å²) >= 11 is 0.